The van der Waals surface area contributed by atoms with Crippen LogP contribution in [0, 0.1) is 11.7 Å². The zero-order valence-corrected chi connectivity index (χ0v) is 20.2. The summed E-state index contributed by atoms with van der Waals surface area (Å²) in [6, 6.07) is 2.08. The van der Waals surface area contributed by atoms with E-state index in [1.807, 2.05) is 6.92 Å². The lowest BCUT2D eigenvalue weighted by Crippen LogP contribution is -2.30. The molecule has 1 aliphatic carbocycles. The van der Waals surface area contributed by atoms with Crippen LogP contribution in [-0.4, -0.2) is 50.7 Å². The van der Waals surface area contributed by atoms with E-state index >= 15 is 0 Å². The molecule has 1 saturated heterocycles. The molecule has 2 fully saturated rings. The fourth-order valence-corrected chi connectivity index (χ4v) is 5.36. The summed E-state index contributed by atoms with van der Waals surface area (Å²) in [6.45, 7) is 4.72. The van der Waals surface area contributed by atoms with E-state index in [1.165, 1.54) is 11.0 Å². The highest BCUT2D eigenvalue weighted by Crippen LogP contribution is 2.35. The predicted octanol–water partition coefficient (Wildman–Crippen LogP) is 3.27. The van der Waals surface area contributed by atoms with Crippen LogP contribution in [0.2, 0.25) is 0 Å². The number of halogens is 1. The molecule has 1 heterocycles. The monoisotopic (exact) mass is 483 g/mol. The molecule has 1 unspecified atom stereocenters. The van der Waals surface area contributed by atoms with E-state index in [2.05, 4.69) is 10.0 Å². The third-order valence-electron chi connectivity index (χ3n) is 5.94. The summed E-state index contributed by atoms with van der Waals surface area (Å²) in [5, 5.41) is 2.22. The molecule has 0 radical (unpaired) electrons. The average molecular weight is 484 g/mol. The predicted molar refractivity (Wildman–Crippen MR) is 123 cm³/mol. The average Bonchev–Trinajstić information content (AvgIpc) is 3.50. The number of sulfonamides is 1. The highest BCUT2D eigenvalue weighted by Gasteiger charge is 2.27. The van der Waals surface area contributed by atoms with Crippen molar-refractivity contribution in [1.29, 1.82) is 0 Å². The van der Waals surface area contributed by atoms with Crippen molar-refractivity contribution in [3.05, 3.63) is 29.1 Å². The van der Waals surface area contributed by atoms with Gasteiger partial charge in [0.1, 0.15) is 6.54 Å². The Kier molecular flexibility index (Phi) is 8.69. The van der Waals surface area contributed by atoms with Gasteiger partial charge in [-0.3, -0.25) is 10.1 Å². The lowest BCUT2D eigenvalue weighted by Gasteiger charge is -2.21. The maximum Gasteiger partial charge on any atom is 0.324 e. The normalized spacial score (nSPS) is 17.4. The number of nitrogens with zero attached hydrogens (tertiary/aromatic N) is 1. The number of carbonyl (C=O) groups is 2. The van der Waals surface area contributed by atoms with E-state index < -0.39 is 27.9 Å². The summed E-state index contributed by atoms with van der Waals surface area (Å²) >= 11 is 0. The molecule has 0 spiro atoms. The zero-order valence-electron chi connectivity index (χ0n) is 19.4. The first-order valence-electron chi connectivity index (χ1n) is 11.7. The van der Waals surface area contributed by atoms with Crippen molar-refractivity contribution in [3.63, 3.8) is 0 Å². The van der Waals surface area contributed by atoms with Gasteiger partial charge in [0.05, 0.1) is 12.4 Å². The number of hydrogen-bond acceptors (Lipinski definition) is 5. The van der Waals surface area contributed by atoms with Crippen molar-refractivity contribution in [3.8, 4) is 5.75 Å². The van der Waals surface area contributed by atoms with Crippen LogP contribution < -0.4 is 14.8 Å². The van der Waals surface area contributed by atoms with Gasteiger partial charge in [-0.25, -0.2) is 22.3 Å². The van der Waals surface area contributed by atoms with Crippen molar-refractivity contribution in [1.82, 2.24) is 14.9 Å². The van der Waals surface area contributed by atoms with Crippen LogP contribution in [0.25, 0.3) is 0 Å². The number of benzene rings is 1. The minimum atomic E-state index is -3.55. The van der Waals surface area contributed by atoms with Gasteiger partial charge in [-0.1, -0.05) is 25.8 Å². The van der Waals surface area contributed by atoms with Crippen LogP contribution in [0.1, 0.15) is 69.5 Å². The van der Waals surface area contributed by atoms with E-state index in [4.69, 9.17) is 4.74 Å². The smallest absolute Gasteiger partial charge is 0.324 e. The topological polar surface area (TPSA) is 105 Å². The number of carbonyl (C=O) groups excluding carboxylic acids is 2. The molecule has 0 aromatic heterocycles. The van der Waals surface area contributed by atoms with Crippen LogP contribution in [-0.2, 0) is 21.2 Å². The van der Waals surface area contributed by atoms with E-state index in [-0.39, 0.29) is 24.0 Å². The van der Waals surface area contributed by atoms with E-state index in [1.54, 1.807) is 13.0 Å². The Hall–Kier alpha value is -2.20. The minimum Gasteiger partial charge on any atom is -0.490 e. The van der Waals surface area contributed by atoms with E-state index in [9.17, 15) is 22.4 Å². The fourth-order valence-electron chi connectivity index (χ4n) is 4.00. The maximum absolute atomic E-state index is 14.5. The Morgan fingerprint density at radius 2 is 2.00 bits per heavy atom. The molecular formula is C23H34FN3O5S. The molecule has 1 aliphatic heterocycles. The Bertz CT molecular complexity index is 965. The molecular weight excluding hydrogens is 449 g/mol. The van der Waals surface area contributed by atoms with Crippen LogP contribution >= 0.6 is 0 Å². The first kappa shape index (κ1) is 25.4. The largest absolute Gasteiger partial charge is 0.490 e. The summed E-state index contributed by atoms with van der Waals surface area (Å²) in [5.74, 6) is -0.0374. The highest BCUT2D eigenvalue weighted by molar-refractivity contribution is 7.89. The van der Waals surface area contributed by atoms with E-state index in [0.717, 1.165) is 30.4 Å². The molecule has 2 aliphatic rings. The number of hydrogen-bond donors (Lipinski definition) is 2. The standard InChI is InChI=1S/C23H34FN3O5S/c1-3-7-19-18(10-11-20(24)22(19)32-15-17-8-9-17)16(2)26-33(30,31)13-6-4-5-12-27-14-21(28)25-23(27)29/h10-11,16-17,26H,3-9,12-15H2,1-2H3,(H,25,28,29). The van der Waals surface area contributed by atoms with Crippen molar-refractivity contribution in [2.45, 2.75) is 64.8 Å². The first-order valence-corrected chi connectivity index (χ1v) is 13.4. The fraction of sp³-hybridized carbons (Fsp3) is 0.652. The van der Waals surface area contributed by atoms with Crippen molar-refractivity contribution in [2.75, 3.05) is 25.4 Å². The Morgan fingerprint density at radius 1 is 1.24 bits per heavy atom. The molecule has 0 bridgehead atoms. The number of imide groups is 1. The highest BCUT2D eigenvalue weighted by atomic mass is 32.2. The first-order chi connectivity index (χ1) is 15.7. The van der Waals surface area contributed by atoms with Crippen LogP contribution in [0.3, 0.4) is 0 Å². The zero-order chi connectivity index (χ0) is 24.0. The van der Waals surface area contributed by atoms with Crippen LogP contribution in [0.5, 0.6) is 5.75 Å². The minimum absolute atomic E-state index is 0.0438. The van der Waals surface area contributed by atoms with Crippen LogP contribution in [0.15, 0.2) is 12.1 Å². The number of nitrogens with one attached hydrogen (secondary N) is 2. The van der Waals surface area contributed by atoms with Gasteiger partial charge in [0.15, 0.2) is 11.6 Å². The van der Waals surface area contributed by atoms with Crippen molar-refractivity contribution >= 4 is 22.0 Å². The lowest BCUT2D eigenvalue weighted by atomic mass is 9.97. The third kappa shape index (κ3) is 7.40. The molecule has 2 N–H and O–H groups in total. The summed E-state index contributed by atoms with van der Waals surface area (Å²) in [4.78, 5) is 24.1. The van der Waals surface area contributed by atoms with Gasteiger partial charge in [-0.05, 0) is 56.6 Å². The summed E-state index contributed by atoms with van der Waals surface area (Å²) < 4.78 is 48.3. The molecule has 33 heavy (non-hydrogen) atoms. The van der Waals surface area contributed by atoms with Gasteiger partial charge in [-0.2, -0.15) is 0 Å². The second-order valence-electron chi connectivity index (χ2n) is 8.94. The van der Waals surface area contributed by atoms with Gasteiger partial charge >= 0.3 is 6.03 Å². The molecule has 1 aromatic rings. The lowest BCUT2D eigenvalue weighted by molar-refractivity contribution is -0.118. The Balaban J connectivity index is 1.54. The van der Waals surface area contributed by atoms with Crippen molar-refractivity contribution < 1.29 is 27.1 Å². The molecule has 10 heteroatoms. The Morgan fingerprint density at radius 3 is 2.64 bits per heavy atom. The SMILES string of the molecule is CCCc1c(C(C)NS(=O)(=O)CCCCCN2CC(=O)NC2=O)ccc(F)c1OCC1CC1. The summed E-state index contributed by atoms with van der Waals surface area (Å²) in [6.07, 6.45) is 5.26. The Labute approximate surface area is 195 Å². The number of unbranched alkanes of at least 4 members (excludes halogenated alkanes) is 2. The van der Waals surface area contributed by atoms with Crippen molar-refractivity contribution in [2.24, 2.45) is 5.92 Å². The number of rotatable bonds is 14. The molecule has 184 valence electrons. The van der Waals surface area contributed by atoms with Gasteiger partial charge in [0.25, 0.3) is 0 Å². The summed E-state index contributed by atoms with van der Waals surface area (Å²) in [5.41, 5.74) is 1.46. The maximum atomic E-state index is 14.5. The van der Waals surface area contributed by atoms with Gasteiger partial charge in [0, 0.05) is 18.2 Å². The molecule has 3 rings (SSSR count). The second kappa shape index (κ2) is 11.3. The quantitative estimate of drug-likeness (QED) is 0.312. The number of urea groups is 1. The van der Waals surface area contributed by atoms with E-state index in [0.29, 0.717) is 44.8 Å². The van der Waals surface area contributed by atoms with Gasteiger partial charge in [0.2, 0.25) is 15.9 Å². The second-order valence-corrected chi connectivity index (χ2v) is 10.8. The number of ether oxygens (including phenoxy) is 1. The molecule has 8 nitrogen and oxygen atoms in total. The molecule has 1 saturated carbocycles. The van der Waals surface area contributed by atoms with Gasteiger partial charge in [-0.15, -0.1) is 0 Å². The third-order valence-corrected chi connectivity index (χ3v) is 7.48. The molecule has 1 aromatic carbocycles. The molecule has 3 amide bonds. The number of amides is 3. The van der Waals surface area contributed by atoms with Gasteiger partial charge < -0.3 is 9.64 Å². The summed E-state index contributed by atoms with van der Waals surface area (Å²) in [7, 11) is -3.55. The molecule has 1 atom stereocenters. The van der Waals surface area contributed by atoms with Crippen LogP contribution in [0.4, 0.5) is 9.18 Å².